The Labute approximate surface area is 76.0 Å². The van der Waals surface area contributed by atoms with Gasteiger partial charge in [-0.3, -0.25) is 5.84 Å². The summed E-state index contributed by atoms with van der Waals surface area (Å²) in [6.07, 6.45) is 9.42. The van der Waals surface area contributed by atoms with Gasteiger partial charge in [0.1, 0.15) is 0 Å². The molecular weight excluding hydrogens is 150 g/mol. The maximum Gasteiger partial charge on any atom is 0.0113 e. The van der Waals surface area contributed by atoms with Gasteiger partial charge in [-0.05, 0) is 6.42 Å². The number of hydrogen-bond donors (Lipinski definition) is 3. The van der Waals surface area contributed by atoms with Gasteiger partial charge in [0.2, 0.25) is 0 Å². The van der Waals surface area contributed by atoms with E-state index in [1.54, 1.807) is 0 Å². The summed E-state index contributed by atoms with van der Waals surface area (Å²) in [6.45, 7) is 3.22. The molecule has 0 aromatic carbocycles. The Hall–Kier alpha value is -0.120. The van der Waals surface area contributed by atoms with Crippen molar-refractivity contribution in [1.29, 1.82) is 0 Å². The highest BCUT2D eigenvalue weighted by molar-refractivity contribution is 4.45. The summed E-state index contributed by atoms with van der Waals surface area (Å²) in [5.74, 6) is 5.05. The standard InChI is InChI=1S/C9H23N3/c1-2-3-4-5-6-7-8-9-11-12-10/h11-12H,2-10H2,1H3. The average molecular weight is 173 g/mol. The van der Waals surface area contributed by atoms with E-state index < -0.39 is 0 Å². The fourth-order valence-electron chi connectivity index (χ4n) is 1.24. The van der Waals surface area contributed by atoms with Crippen molar-refractivity contribution in [3.63, 3.8) is 0 Å². The van der Waals surface area contributed by atoms with E-state index >= 15 is 0 Å². The van der Waals surface area contributed by atoms with E-state index in [4.69, 9.17) is 5.84 Å². The van der Waals surface area contributed by atoms with E-state index in [0.29, 0.717) is 0 Å². The maximum absolute atomic E-state index is 5.05. The molecule has 0 rings (SSSR count). The fraction of sp³-hybridized carbons (Fsp3) is 1.00. The van der Waals surface area contributed by atoms with Gasteiger partial charge < -0.3 is 0 Å². The Morgan fingerprint density at radius 3 is 2.08 bits per heavy atom. The molecule has 0 amide bonds. The molecule has 0 aliphatic rings. The predicted molar refractivity (Wildman–Crippen MR) is 53.3 cm³/mol. The Bertz CT molecular complexity index is 66.2. The lowest BCUT2D eigenvalue weighted by atomic mass is 10.1. The highest BCUT2D eigenvalue weighted by Crippen LogP contribution is 2.05. The molecular formula is C9H23N3. The number of hydrogen-bond acceptors (Lipinski definition) is 3. The molecule has 4 N–H and O–H groups in total. The summed E-state index contributed by atoms with van der Waals surface area (Å²) in [4.78, 5) is 0. The highest BCUT2D eigenvalue weighted by Gasteiger charge is 1.89. The van der Waals surface area contributed by atoms with Crippen molar-refractivity contribution >= 4 is 0 Å². The Morgan fingerprint density at radius 1 is 0.917 bits per heavy atom. The van der Waals surface area contributed by atoms with Crippen LogP contribution in [0.2, 0.25) is 0 Å². The zero-order valence-electron chi connectivity index (χ0n) is 8.23. The third kappa shape index (κ3) is 9.88. The van der Waals surface area contributed by atoms with Crippen LogP contribution in [-0.2, 0) is 0 Å². The van der Waals surface area contributed by atoms with Gasteiger partial charge in [-0.25, -0.2) is 5.43 Å². The molecule has 0 aliphatic heterocycles. The smallest absolute Gasteiger partial charge is 0.0113 e. The minimum Gasteiger partial charge on any atom is -0.258 e. The lowest BCUT2D eigenvalue weighted by Crippen LogP contribution is -2.38. The minimum absolute atomic E-state index is 0.976. The van der Waals surface area contributed by atoms with Crippen LogP contribution < -0.4 is 16.8 Å². The van der Waals surface area contributed by atoms with E-state index in [1.165, 1.54) is 44.9 Å². The van der Waals surface area contributed by atoms with Crippen LogP contribution in [0, 0.1) is 0 Å². The van der Waals surface area contributed by atoms with Crippen molar-refractivity contribution in [3.05, 3.63) is 0 Å². The van der Waals surface area contributed by atoms with Crippen LogP contribution in [0.5, 0.6) is 0 Å². The topological polar surface area (TPSA) is 50.1 Å². The van der Waals surface area contributed by atoms with Crippen LogP contribution in [0.25, 0.3) is 0 Å². The second-order valence-electron chi connectivity index (χ2n) is 3.19. The summed E-state index contributed by atoms with van der Waals surface area (Å²) in [7, 11) is 0. The van der Waals surface area contributed by atoms with E-state index in [1.807, 2.05) is 0 Å². The molecule has 0 fully saturated rings. The number of nitrogens with one attached hydrogen (secondary N) is 2. The first-order valence-electron chi connectivity index (χ1n) is 5.10. The summed E-state index contributed by atoms with van der Waals surface area (Å²) in [5, 5.41) is 0. The maximum atomic E-state index is 5.05. The molecule has 0 saturated heterocycles. The molecule has 0 aliphatic carbocycles. The summed E-state index contributed by atoms with van der Waals surface area (Å²) in [6, 6.07) is 0. The third-order valence-electron chi connectivity index (χ3n) is 2.01. The molecule has 3 nitrogen and oxygen atoms in total. The highest BCUT2D eigenvalue weighted by atomic mass is 15.5. The van der Waals surface area contributed by atoms with Gasteiger partial charge in [0.05, 0.1) is 0 Å². The molecule has 0 bridgehead atoms. The van der Waals surface area contributed by atoms with Gasteiger partial charge in [-0.2, -0.15) is 5.53 Å². The SMILES string of the molecule is CCCCCCCCCNNN. The second kappa shape index (κ2) is 10.9. The van der Waals surface area contributed by atoms with Crippen molar-refractivity contribution in [2.75, 3.05) is 6.54 Å². The van der Waals surface area contributed by atoms with E-state index in [9.17, 15) is 0 Å². The van der Waals surface area contributed by atoms with Crippen molar-refractivity contribution < 1.29 is 0 Å². The molecule has 0 aromatic rings. The molecule has 0 spiro atoms. The Kier molecular flexibility index (Phi) is 10.8. The van der Waals surface area contributed by atoms with Crippen molar-refractivity contribution in [2.45, 2.75) is 51.9 Å². The molecule has 0 aromatic heterocycles. The summed E-state index contributed by atoms with van der Waals surface area (Å²) in [5.41, 5.74) is 5.31. The number of nitrogens with two attached hydrogens (primary N) is 1. The molecule has 0 atom stereocenters. The first kappa shape index (κ1) is 11.9. The van der Waals surface area contributed by atoms with Crippen LogP contribution in [0.15, 0.2) is 0 Å². The normalized spacial score (nSPS) is 10.5. The number of hydrazine groups is 2. The van der Waals surface area contributed by atoms with Crippen LogP contribution in [0.4, 0.5) is 0 Å². The fourth-order valence-corrected chi connectivity index (χ4v) is 1.24. The van der Waals surface area contributed by atoms with Gasteiger partial charge in [0.25, 0.3) is 0 Å². The average Bonchev–Trinajstić information content (AvgIpc) is 2.10. The Morgan fingerprint density at radius 2 is 1.50 bits per heavy atom. The Balaban J connectivity index is 2.73. The minimum atomic E-state index is 0.976. The lowest BCUT2D eigenvalue weighted by Gasteiger charge is -2.02. The molecule has 0 radical (unpaired) electrons. The number of unbranched alkanes of at least 4 members (excludes halogenated alkanes) is 6. The van der Waals surface area contributed by atoms with Crippen molar-refractivity contribution in [3.8, 4) is 0 Å². The summed E-state index contributed by atoms with van der Waals surface area (Å²) >= 11 is 0. The van der Waals surface area contributed by atoms with E-state index in [2.05, 4.69) is 17.9 Å². The molecule has 0 saturated carbocycles. The largest absolute Gasteiger partial charge is 0.258 e. The zero-order valence-corrected chi connectivity index (χ0v) is 8.23. The van der Waals surface area contributed by atoms with E-state index in [-0.39, 0.29) is 0 Å². The monoisotopic (exact) mass is 173 g/mol. The predicted octanol–water partition coefficient (Wildman–Crippen LogP) is 1.70. The van der Waals surface area contributed by atoms with E-state index in [0.717, 1.165) is 6.54 Å². The molecule has 74 valence electrons. The lowest BCUT2D eigenvalue weighted by molar-refractivity contribution is 0.511. The molecule has 3 heteroatoms. The van der Waals surface area contributed by atoms with Crippen LogP contribution >= 0.6 is 0 Å². The first-order chi connectivity index (χ1) is 5.91. The van der Waals surface area contributed by atoms with Gasteiger partial charge in [0.15, 0.2) is 0 Å². The van der Waals surface area contributed by atoms with Crippen molar-refractivity contribution in [2.24, 2.45) is 5.84 Å². The van der Waals surface area contributed by atoms with Gasteiger partial charge >= 0.3 is 0 Å². The molecule has 0 unspecified atom stereocenters. The van der Waals surface area contributed by atoms with Gasteiger partial charge in [0, 0.05) is 6.54 Å². The quantitative estimate of drug-likeness (QED) is 0.282. The van der Waals surface area contributed by atoms with Gasteiger partial charge in [-0.1, -0.05) is 45.4 Å². The molecule has 12 heavy (non-hydrogen) atoms. The van der Waals surface area contributed by atoms with Crippen LogP contribution in [0.3, 0.4) is 0 Å². The zero-order chi connectivity index (χ0) is 9.07. The van der Waals surface area contributed by atoms with Crippen molar-refractivity contribution in [1.82, 2.24) is 11.0 Å². The van der Waals surface area contributed by atoms with Crippen LogP contribution in [0.1, 0.15) is 51.9 Å². The van der Waals surface area contributed by atoms with Crippen LogP contribution in [-0.4, -0.2) is 6.54 Å². The molecule has 0 heterocycles. The third-order valence-corrected chi connectivity index (χ3v) is 2.01. The second-order valence-corrected chi connectivity index (χ2v) is 3.19. The number of rotatable bonds is 9. The first-order valence-corrected chi connectivity index (χ1v) is 5.10. The van der Waals surface area contributed by atoms with Gasteiger partial charge in [-0.15, -0.1) is 0 Å². The summed E-state index contributed by atoms with van der Waals surface area (Å²) < 4.78 is 0.